The Morgan fingerprint density at radius 2 is 2.00 bits per heavy atom. The quantitative estimate of drug-likeness (QED) is 0.522. The first-order chi connectivity index (χ1) is 11.9. The van der Waals surface area contributed by atoms with E-state index in [-0.39, 0.29) is 6.42 Å². The van der Waals surface area contributed by atoms with Crippen LogP contribution in [0.5, 0.6) is 0 Å². The Bertz CT molecular complexity index is 633. The largest absolute Gasteiger partial charge is 0.467 e. The third kappa shape index (κ3) is 7.15. The van der Waals surface area contributed by atoms with Gasteiger partial charge in [-0.1, -0.05) is 18.2 Å². The van der Waals surface area contributed by atoms with E-state index in [1.54, 1.807) is 12.1 Å². The number of carbonyl (C=O) groups is 3. The smallest absolute Gasteiger partial charge is 0.328 e. The van der Waals surface area contributed by atoms with Crippen molar-refractivity contribution in [3.8, 4) is 0 Å². The number of ether oxygens (including phenoxy) is 1. The van der Waals surface area contributed by atoms with Gasteiger partial charge in [0.05, 0.1) is 7.11 Å². The van der Waals surface area contributed by atoms with Crippen LogP contribution in [-0.2, 0) is 25.5 Å². The molecule has 0 saturated heterocycles. The molecule has 0 spiro atoms. The van der Waals surface area contributed by atoms with Crippen molar-refractivity contribution in [1.82, 2.24) is 10.6 Å². The number of benzene rings is 1. The van der Waals surface area contributed by atoms with Gasteiger partial charge in [-0.15, -0.1) is 6.58 Å². The highest BCUT2D eigenvalue weighted by Gasteiger charge is 2.26. The van der Waals surface area contributed by atoms with Crippen molar-refractivity contribution in [2.24, 2.45) is 0 Å². The van der Waals surface area contributed by atoms with Crippen LogP contribution in [0.4, 0.5) is 4.39 Å². The normalized spacial score (nSPS) is 12.6. The molecule has 0 aliphatic carbocycles. The lowest BCUT2D eigenvalue weighted by molar-refractivity contribution is -0.145. The fraction of sp³-hybridized carbons (Fsp3) is 0.389. The van der Waals surface area contributed by atoms with Crippen LogP contribution in [0.1, 0.15) is 25.3 Å². The molecule has 0 aromatic heterocycles. The molecule has 2 atom stereocenters. The number of carbonyl (C=O) groups excluding carboxylic acids is 3. The molecule has 0 heterocycles. The second kappa shape index (κ2) is 10.2. The molecule has 2 amide bonds. The van der Waals surface area contributed by atoms with E-state index in [1.165, 1.54) is 32.2 Å². The van der Waals surface area contributed by atoms with Gasteiger partial charge in [-0.05, 0) is 30.5 Å². The lowest BCUT2D eigenvalue weighted by atomic mass is 10.0. The van der Waals surface area contributed by atoms with Crippen LogP contribution in [0.15, 0.2) is 36.9 Å². The minimum Gasteiger partial charge on any atom is -0.467 e. The maximum absolute atomic E-state index is 13.3. The average molecular weight is 350 g/mol. The minimum absolute atomic E-state index is 0.0958. The number of hydrogen-bond acceptors (Lipinski definition) is 4. The average Bonchev–Trinajstić information content (AvgIpc) is 2.56. The molecular formula is C18H23FN2O4. The molecule has 0 radical (unpaired) electrons. The van der Waals surface area contributed by atoms with E-state index in [2.05, 4.69) is 21.9 Å². The molecule has 0 bridgehead atoms. The van der Waals surface area contributed by atoms with E-state index in [1.807, 2.05) is 0 Å². The molecule has 1 rings (SSSR count). The van der Waals surface area contributed by atoms with Crippen LogP contribution < -0.4 is 10.6 Å². The summed E-state index contributed by atoms with van der Waals surface area (Å²) in [6.07, 6.45) is 2.56. The fourth-order valence-electron chi connectivity index (χ4n) is 2.30. The summed E-state index contributed by atoms with van der Waals surface area (Å²) >= 11 is 0. The molecule has 0 aliphatic rings. The highest BCUT2D eigenvalue weighted by molar-refractivity contribution is 5.90. The fourth-order valence-corrected chi connectivity index (χ4v) is 2.30. The number of allylic oxidation sites excluding steroid dienone is 1. The zero-order valence-electron chi connectivity index (χ0n) is 14.4. The van der Waals surface area contributed by atoms with E-state index < -0.39 is 35.7 Å². The Morgan fingerprint density at radius 3 is 2.56 bits per heavy atom. The summed E-state index contributed by atoms with van der Waals surface area (Å²) in [7, 11) is 1.23. The zero-order chi connectivity index (χ0) is 18.8. The maximum Gasteiger partial charge on any atom is 0.328 e. The van der Waals surface area contributed by atoms with Crippen molar-refractivity contribution in [2.45, 2.75) is 38.3 Å². The van der Waals surface area contributed by atoms with E-state index in [4.69, 9.17) is 0 Å². The summed E-state index contributed by atoms with van der Waals surface area (Å²) < 4.78 is 18.0. The molecule has 7 heteroatoms. The van der Waals surface area contributed by atoms with E-state index in [0.29, 0.717) is 18.4 Å². The zero-order valence-corrected chi connectivity index (χ0v) is 14.4. The van der Waals surface area contributed by atoms with Gasteiger partial charge in [0.1, 0.15) is 17.9 Å². The van der Waals surface area contributed by atoms with Crippen LogP contribution in [0.3, 0.4) is 0 Å². The number of nitrogens with one attached hydrogen (secondary N) is 2. The summed E-state index contributed by atoms with van der Waals surface area (Å²) in [4.78, 5) is 35.7. The highest BCUT2D eigenvalue weighted by Crippen LogP contribution is 2.08. The summed E-state index contributed by atoms with van der Waals surface area (Å²) in [5, 5.41) is 5.09. The van der Waals surface area contributed by atoms with Gasteiger partial charge in [0.2, 0.25) is 11.8 Å². The Morgan fingerprint density at radius 1 is 1.28 bits per heavy atom. The van der Waals surface area contributed by atoms with Crippen molar-refractivity contribution in [2.75, 3.05) is 7.11 Å². The van der Waals surface area contributed by atoms with Crippen LogP contribution in [0.2, 0.25) is 0 Å². The van der Waals surface area contributed by atoms with Gasteiger partial charge in [0, 0.05) is 13.3 Å². The van der Waals surface area contributed by atoms with E-state index in [0.717, 1.165) is 0 Å². The van der Waals surface area contributed by atoms with Crippen molar-refractivity contribution in [3.05, 3.63) is 48.3 Å². The Hall–Kier alpha value is -2.70. The highest BCUT2D eigenvalue weighted by atomic mass is 19.1. The third-order valence-corrected chi connectivity index (χ3v) is 3.48. The van der Waals surface area contributed by atoms with Crippen LogP contribution >= 0.6 is 0 Å². The van der Waals surface area contributed by atoms with Crippen molar-refractivity contribution in [3.63, 3.8) is 0 Å². The van der Waals surface area contributed by atoms with Crippen LogP contribution in [-0.4, -0.2) is 37.0 Å². The minimum atomic E-state index is -0.935. The third-order valence-electron chi connectivity index (χ3n) is 3.48. The van der Waals surface area contributed by atoms with Gasteiger partial charge in [-0.25, -0.2) is 9.18 Å². The summed E-state index contributed by atoms with van der Waals surface area (Å²) in [5.74, 6) is -1.96. The standard InChI is InChI=1S/C18H23FN2O4/c1-4-5-9-15(18(24)25-3)21-17(23)16(20-12(2)22)11-13-7-6-8-14(19)10-13/h4,6-8,10,15-16H,1,5,9,11H2,2-3H3,(H,20,22)(H,21,23)/t15-,16+/m1/s1. The summed E-state index contributed by atoms with van der Waals surface area (Å²) in [6, 6.07) is 3.97. The molecule has 136 valence electrons. The summed E-state index contributed by atoms with van der Waals surface area (Å²) in [5.41, 5.74) is 0.551. The molecule has 0 unspecified atom stereocenters. The molecule has 0 aliphatic heterocycles. The molecular weight excluding hydrogens is 327 g/mol. The topological polar surface area (TPSA) is 84.5 Å². The number of hydrogen-bond donors (Lipinski definition) is 2. The van der Waals surface area contributed by atoms with Crippen LogP contribution in [0.25, 0.3) is 0 Å². The molecule has 1 aromatic carbocycles. The molecule has 25 heavy (non-hydrogen) atoms. The first-order valence-corrected chi connectivity index (χ1v) is 7.88. The Kier molecular flexibility index (Phi) is 8.32. The van der Waals surface area contributed by atoms with Crippen molar-refractivity contribution >= 4 is 17.8 Å². The Balaban J connectivity index is 2.88. The maximum atomic E-state index is 13.3. The van der Waals surface area contributed by atoms with Gasteiger partial charge in [0.15, 0.2) is 0 Å². The predicted octanol–water partition coefficient (Wildman–Crippen LogP) is 1.50. The van der Waals surface area contributed by atoms with E-state index in [9.17, 15) is 18.8 Å². The lowest BCUT2D eigenvalue weighted by Crippen LogP contribution is -2.52. The second-order valence-electron chi connectivity index (χ2n) is 5.54. The summed E-state index contributed by atoms with van der Waals surface area (Å²) in [6.45, 7) is 4.86. The monoisotopic (exact) mass is 350 g/mol. The molecule has 0 fully saturated rings. The van der Waals surface area contributed by atoms with Gasteiger partial charge in [0.25, 0.3) is 0 Å². The van der Waals surface area contributed by atoms with Gasteiger partial charge < -0.3 is 15.4 Å². The first-order valence-electron chi connectivity index (χ1n) is 7.88. The van der Waals surface area contributed by atoms with E-state index >= 15 is 0 Å². The predicted molar refractivity (Wildman–Crippen MR) is 91.1 cm³/mol. The van der Waals surface area contributed by atoms with Crippen molar-refractivity contribution < 1.29 is 23.5 Å². The molecule has 6 nitrogen and oxygen atoms in total. The van der Waals surface area contributed by atoms with Gasteiger partial charge in [-0.2, -0.15) is 0 Å². The Labute approximate surface area is 146 Å². The lowest BCUT2D eigenvalue weighted by Gasteiger charge is -2.21. The van der Waals surface area contributed by atoms with Gasteiger partial charge >= 0.3 is 5.97 Å². The number of rotatable bonds is 9. The number of esters is 1. The number of halogens is 1. The van der Waals surface area contributed by atoms with Crippen molar-refractivity contribution in [1.29, 1.82) is 0 Å². The van der Waals surface area contributed by atoms with Crippen LogP contribution in [0, 0.1) is 5.82 Å². The first kappa shape index (κ1) is 20.3. The molecule has 0 saturated carbocycles. The molecule has 2 N–H and O–H groups in total. The number of amides is 2. The van der Waals surface area contributed by atoms with Gasteiger partial charge in [-0.3, -0.25) is 9.59 Å². The second-order valence-corrected chi connectivity index (χ2v) is 5.54. The molecule has 1 aromatic rings. The number of methoxy groups -OCH3 is 1. The SMILES string of the molecule is C=CCC[C@@H](NC(=O)[C@H](Cc1cccc(F)c1)NC(C)=O)C(=O)OC.